The van der Waals surface area contributed by atoms with Crippen molar-refractivity contribution in [3.05, 3.63) is 83.4 Å². The molecule has 4 rings (SSSR count). The number of thioether (sulfide) groups is 1. The fourth-order valence-corrected chi connectivity index (χ4v) is 4.48. The molecule has 0 bridgehead atoms. The van der Waals surface area contributed by atoms with Crippen LogP contribution >= 0.6 is 23.4 Å². The molecule has 1 N–H and O–H groups in total. The SMILES string of the molecule is CCCCc1ccc(NC(=O)CSc2nnc(-c3cccc(OC)c3)n2-c2ccc(Cl)cc2)cc1. The number of aryl methyl sites for hydroxylation is 1. The normalized spacial score (nSPS) is 10.8. The van der Waals surface area contributed by atoms with Crippen LogP contribution in [0.1, 0.15) is 25.3 Å². The van der Waals surface area contributed by atoms with Crippen LogP contribution < -0.4 is 10.1 Å². The lowest BCUT2D eigenvalue weighted by Crippen LogP contribution is -2.14. The van der Waals surface area contributed by atoms with E-state index in [2.05, 4.69) is 34.6 Å². The molecule has 8 heteroatoms. The molecule has 6 nitrogen and oxygen atoms in total. The maximum absolute atomic E-state index is 12.7. The molecule has 35 heavy (non-hydrogen) atoms. The zero-order valence-electron chi connectivity index (χ0n) is 19.7. The van der Waals surface area contributed by atoms with Crippen molar-refractivity contribution in [3.8, 4) is 22.8 Å². The van der Waals surface area contributed by atoms with Crippen molar-refractivity contribution in [2.45, 2.75) is 31.3 Å². The second-order valence-corrected chi connectivity index (χ2v) is 9.37. The van der Waals surface area contributed by atoms with Crippen molar-refractivity contribution in [1.82, 2.24) is 14.8 Å². The first-order valence-electron chi connectivity index (χ1n) is 11.4. The maximum atomic E-state index is 12.7. The molecule has 0 saturated carbocycles. The van der Waals surface area contributed by atoms with E-state index in [1.807, 2.05) is 65.2 Å². The van der Waals surface area contributed by atoms with Gasteiger partial charge in [0, 0.05) is 22.0 Å². The van der Waals surface area contributed by atoms with Gasteiger partial charge in [0.05, 0.1) is 12.9 Å². The highest BCUT2D eigenvalue weighted by molar-refractivity contribution is 7.99. The van der Waals surface area contributed by atoms with Gasteiger partial charge in [-0.1, -0.05) is 61.0 Å². The molecule has 0 saturated heterocycles. The van der Waals surface area contributed by atoms with E-state index in [4.69, 9.17) is 16.3 Å². The van der Waals surface area contributed by atoms with E-state index in [9.17, 15) is 4.79 Å². The number of benzene rings is 3. The molecule has 1 heterocycles. The van der Waals surface area contributed by atoms with Crippen molar-refractivity contribution in [2.24, 2.45) is 0 Å². The molecule has 0 radical (unpaired) electrons. The Balaban J connectivity index is 1.52. The first-order chi connectivity index (χ1) is 17.1. The number of hydrogen-bond acceptors (Lipinski definition) is 5. The van der Waals surface area contributed by atoms with Crippen LogP contribution in [0.15, 0.2) is 78.0 Å². The van der Waals surface area contributed by atoms with Gasteiger partial charge in [-0.3, -0.25) is 9.36 Å². The Bertz CT molecular complexity index is 1270. The summed E-state index contributed by atoms with van der Waals surface area (Å²) in [5, 5.41) is 13.0. The van der Waals surface area contributed by atoms with E-state index in [0.29, 0.717) is 16.0 Å². The second-order valence-electron chi connectivity index (χ2n) is 7.99. The highest BCUT2D eigenvalue weighted by Gasteiger charge is 2.18. The lowest BCUT2D eigenvalue weighted by Gasteiger charge is -2.11. The molecule has 4 aromatic rings. The quantitative estimate of drug-likeness (QED) is 0.243. The van der Waals surface area contributed by atoms with Crippen molar-refractivity contribution in [1.29, 1.82) is 0 Å². The number of unbranched alkanes of at least 4 members (excludes halogenated alkanes) is 1. The molecule has 0 atom stereocenters. The molecule has 0 aliphatic heterocycles. The molecule has 1 amide bonds. The number of nitrogens with one attached hydrogen (secondary N) is 1. The Kier molecular flexibility index (Phi) is 8.45. The minimum absolute atomic E-state index is 0.107. The number of halogens is 1. The number of amides is 1. The van der Waals surface area contributed by atoms with Gasteiger partial charge in [-0.2, -0.15) is 0 Å². The summed E-state index contributed by atoms with van der Waals surface area (Å²) in [7, 11) is 1.63. The van der Waals surface area contributed by atoms with Crippen LogP contribution in [0.3, 0.4) is 0 Å². The number of aromatic nitrogens is 3. The van der Waals surface area contributed by atoms with Crippen molar-refractivity contribution < 1.29 is 9.53 Å². The average molecular weight is 507 g/mol. The van der Waals surface area contributed by atoms with Gasteiger partial charge in [-0.25, -0.2) is 0 Å². The van der Waals surface area contributed by atoms with Gasteiger partial charge in [-0.05, 0) is 66.9 Å². The van der Waals surface area contributed by atoms with Crippen molar-refractivity contribution >= 4 is 35.0 Å². The van der Waals surface area contributed by atoms with E-state index >= 15 is 0 Å². The molecule has 0 fully saturated rings. The van der Waals surface area contributed by atoms with E-state index < -0.39 is 0 Å². The zero-order chi connectivity index (χ0) is 24.6. The summed E-state index contributed by atoms with van der Waals surface area (Å²) in [6, 6.07) is 23.1. The third-order valence-corrected chi connectivity index (χ3v) is 6.62. The van der Waals surface area contributed by atoms with Gasteiger partial charge < -0.3 is 10.1 Å². The number of carbonyl (C=O) groups excluding carboxylic acids is 1. The molecule has 0 unspecified atom stereocenters. The van der Waals surface area contributed by atoms with Crippen LogP contribution in [0, 0.1) is 0 Å². The predicted molar refractivity (Wildman–Crippen MR) is 143 cm³/mol. The van der Waals surface area contributed by atoms with E-state index in [1.165, 1.54) is 17.3 Å². The van der Waals surface area contributed by atoms with Crippen LogP contribution in [0.5, 0.6) is 5.75 Å². The Hall–Kier alpha value is -3.29. The predicted octanol–water partition coefficient (Wildman–Crippen LogP) is 6.67. The van der Waals surface area contributed by atoms with E-state index in [0.717, 1.165) is 42.0 Å². The number of rotatable bonds is 10. The Morgan fingerprint density at radius 2 is 1.83 bits per heavy atom. The Labute approximate surface area is 214 Å². The fraction of sp³-hybridized carbons (Fsp3) is 0.222. The standard InChI is InChI=1S/C27H27ClN4O2S/c1-3-4-6-19-9-13-22(14-10-19)29-25(33)18-35-27-31-30-26(20-7-5-8-24(17-20)34-2)32(27)23-15-11-21(28)12-16-23/h5,7-17H,3-4,6,18H2,1-2H3,(H,29,33). The zero-order valence-corrected chi connectivity index (χ0v) is 21.3. The van der Waals surface area contributed by atoms with Crippen LogP contribution in [-0.4, -0.2) is 33.5 Å². The third kappa shape index (κ3) is 6.44. The largest absolute Gasteiger partial charge is 0.497 e. The molecular formula is C27H27ClN4O2S. The van der Waals surface area contributed by atoms with Gasteiger partial charge in [-0.15, -0.1) is 10.2 Å². The molecule has 0 aliphatic carbocycles. The summed E-state index contributed by atoms with van der Waals surface area (Å²) in [4.78, 5) is 12.7. The number of anilines is 1. The Morgan fingerprint density at radius 3 is 2.54 bits per heavy atom. The van der Waals surface area contributed by atoms with Crippen LogP contribution in [0.4, 0.5) is 5.69 Å². The summed E-state index contributed by atoms with van der Waals surface area (Å²) in [5.41, 5.74) is 3.77. The first kappa shape index (κ1) is 24.8. The van der Waals surface area contributed by atoms with Gasteiger partial charge in [0.25, 0.3) is 0 Å². The summed E-state index contributed by atoms with van der Waals surface area (Å²) in [6.07, 6.45) is 3.38. The van der Waals surface area contributed by atoms with Crippen LogP contribution in [-0.2, 0) is 11.2 Å². The summed E-state index contributed by atoms with van der Waals surface area (Å²) in [6.45, 7) is 2.18. The molecule has 3 aromatic carbocycles. The van der Waals surface area contributed by atoms with Gasteiger partial charge in [0.1, 0.15) is 5.75 Å². The summed E-state index contributed by atoms with van der Waals surface area (Å²) in [5.74, 6) is 1.46. The monoisotopic (exact) mass is 506 g/mol. The third-order valence-electron chi connectivity index (χ3n) is 5.44. The minimum atomic E-state index is -0.107. The van der Waals surface area contributed by atoms with Crippen molar-refractivity contribution in [2.75, 3.05) is 18.2 Å². The summed E-state index contributed by atoms with van der Waals surface area (Å²) < 4.78 is 7.30. The number of carbonyl (C=O) groups is 1. The second kappa shape index (κ2) is 11.9. The summed E-state index contributed by atoms with van der Waals surface area (Å²) >= 11 is 7.43. The van der Waals surface area contributed by atoms with Crippen molar-refractivity contribution in [3.63, 3.8) is 0 Å². The average Bonchev–Trinajstić information content (AvgIpc) is 3.31. The molecule has 1 aromatic heterocycles. The lowest BCUT2D eigenvalue weighted by molar-refractivity contribution is -0.113. The first-order valence-corrected chi connectivity index (χ1v) is 12.8. The van der Waals surface area contributed by atoms with Crippen LogP contribution in [0.2, 0.25) is 5.02 Å². The van der Waals surface area contributed by atoms with Gasteiger partial charge in [0.15, 0.2) is 11.0 Å². The van der Waals surface area contributed by atoms with Gasteiger partial charge >= 0.3 is 0 Å². The number of hydrogen-bond donors (Lipinski definition) is 1. The number of ether oxygens (including phenoxy) is 1. The molecule has 0 aliphatic rings. The van der Waals surface area contributed by atoms with E-state index in [1.54, 1.807) is 7.11 Å². The lowest BCUT2D eigenvalue weighted by atomic mass is 10.1. The molecule has 180 valence electrons. The molecule has 0 spiro atoms. The number of methoxy groups -OCH3 is 1. The smallest absolute Gasteiger partial charge is 0.234 e. The molecular weight excluding hydrogens is 480 g/mol. The minimum Gasteiger partial charge on any atom is -0.497 e. The highest BCUT2D eigenvalue weighted by atomic mass is 35.5. The van der Waals surface area contributed by atoms with E-state index in [-0.39, 0.29) is 11.7 Å². The van der Waals surface area contributed by atoms with Gasteiger partial charge in [0.2, 0.25) is 5.91 Å². The fourth-order valence-electron chi connectivity index (χ4n) is 3.60. The highest BCUT2D eigenvalue weighted by Crippen LogP contribution is 2.30. The Morgan fingerprint density at radius 1 is 1.06 bits per heavy atom. The topological polar surface area (TPSA) is 69.0 Å². The van der Waals surface area contributed by atoms with Crippen LogP contribution in [0.25, 0.3) is 17.1 Å². The maximum Gasteiger partial charge on any atom is 0.234 e. The number of nitrogens with zero attached hydrogens (tertiary/aromatic N) is 3.